The summed E-state index contributed by atoms with van der Waals surface area (Å²) >= 11 is 0. The lowest BCUT2D eigenvalue weighted by Gasteiger charge is -2.40. The fraction of sp³-hybridized carbons (Fsp3) is 0.917. The first-order valence-corrected chi connectivity index (χ1v) is 6.38. The van der Waals surface area contributed by atoms with E-state index < -0.39 is 0 Å². The minimum Gasteiger partial charge on any atom is -0.306 e. The Morgan fingerprint density at radius 1 is 1.31 bits per heavy atom. The van der Waals surface area contributed by atoms with Gasteiger partial charge in [0.1, 0.15) is 0 Å². The van der Waals surface area contributed by atoms with Gasteiger partial charge in [-0.1, -0.05) is 12.8 Å². The van der Waals surface area contributed by atoms with E-state index in [0.29, 0.717) is 5.92 Å². The number of nitrogens with zero attached hydrogens (tertiary/aromatic N) is 1. The van der Waals surface area contributed by atoms with Gasteiger partial charge in [-0.15, -0.1) is 0 Å². The summed E-state index contributed by atoms with van der Waals surface area (Å²) in [6.45, 7) is 2.23. The van der Waals surface area contributed by atoms with Crippen LogP contribution in [0.2, 0.25) is 0 Å². The van der Waals surface area contributed by atoms with Crippen LogP contribution in [0.5, 0.6) is 0 Å². The summed E-state index contributed by atoms with van der Waals surface area (Å²) in [5.41, 5.74) is 2.26. The van der Waals surface area contributed by atoms with Crippen molar-refractivity contribution in [3.63, 3.8) is 0 Å². The Hall–Kier alpha value is -0.610. The van der Waals surface area contributed by atoms with Crippen LogP contribution in [0.1, 0.15) is 38.5 Å². The number of piperidine rings is 1. The predicted molar refractivity (Wildman–Crippen MR) is 63.5 cm³/mol. The van der Waals surface area contributed by atoms with Crippen LogP contribution in [0.25, 0.3) is 0 Å². The molecule has 4 heteroatoms. The van der Waals surface area contributed by atoms with Crippen LogP contribution in [-0.2, 0) is 4.79 Å². The van der Waals surface area contributed by atoms with Gasteiger partial charge in [-0.25, -0.2) is 5.84 Å². The average molecular weight is 225 g/mol. The number of hydrogen-bond donors (Lipinski definition) is 2. The maximum atomic E-state index is 12.1. The van der Waals surface area contributed by atoms with Crippen LogP contribution in [0.4, 0.5) is 0 Å². The molecule has 3 N–H and O–H groups in total. The zero-order valence-corrected chi connectivity index (χ0v) is 10.2. The molecule has 1 saturated heterocycles. The van der Waals surface area contributed by atoms with E-state index >= 15 is 0 Å². The molecule has 0 aromatic carbocycles. The van der Waals surface area contributed by atoms with E-state index in [2.05, 4.69) is 17.4 Å². The first-order chi connectivity index (χ1) is 7.69. The summed E-state index contributed by atoms with van der Waals surface area (Å²) in [5, 5.41) is 0. The van der Waals surface area contributed by atoms with Crippen molar-refractivity contribution in [1.82, 2.24) is 10.3 Å². The lowest BCUT2D eigenvalue weighted by atomic mass is 9.69. The van der Waals surface area contributed by atoms with Crippen molar-refractivity contribution in [2.75, 3.05) is 20.1 Å². The molecule has 0 unspecified atom stereocenters. The molecule has 0 bridgehead atoms. The van der Waals surface area contributed by atoms with Gasteiger partial charge in [-0.2, -0.15) is 0 Å². The quantitative estimate of drug-likeness (QED) is 0.417. The molecule has 0 aromatic heterocycles. The Labute approximate surface area is 97.5 Å². The highest BCUT2D eigenvalue weighted by atomic mass is 16.2. The zero-order chi connectivity index (χ0) is 11.6. The van der Waals surface area contributed by atoms with Crippen molar-refractivity contribution >= 4 is 5.91 Å². The molecule has 16 heavy (non-hydrogen) atoms. The van der Waals surface area contributed by atoms with Gasteiger partial charge in [0, 0.05) is 0 Å². The number of likely N-dealkylation sites (tertiary alicyclic amines) is 1. The number of carbonyl (C=O) groups is 1. The SMILES string of the molecule is CN1CCC(C2(C(=O)NN)CCCC2)CC1. The molecule has 0 spiro atoms. The van der Waals surface area contributed by atoms with Crippen LogP contribution in [0.15, 0.2) is 0 Å². The molecular weight excluding hydrogens is 202 g/mol. The van der Waals surface area contributed by atoms with Gasteiger partial charge in [-0.3, -0.25) is 10.2 Å². The zero-order valence-electron chi connectivity index (χ0n) is 10.2. The minimum absolute atomic E-state index is 0.0829. The maximum absolute atomic E-state index is 12.1. The highest BCUT2D eigenvalue weighted by molar-refractivity contribution is 5.82. The van der Waals surface area contributed by atoms with Gasteiger partial charge in [0.05, 0.1) is 5.41 Å². The number of rotatable bonds is 2. The summed E-state index contributed by atoms with van der Waals surface area (Å²) in [5.74, 6) is 5.98. The fourth-order valence-corrected chi connectivity index (χ4v) is 3.53. The van der Waals surface area contributed by atoms with E-state index in [1.54, 1.807) is 0 Å². The van der Waals surface area contributed by atoms with Crippen molar-refractivity contribution < 1.29 is 4.79 Å². The Kier molecular flexibility index (Phi) is 3.50. The second-order valence-electron chi connectivity index (χ2n) is 5.41. The Balaban J connectivity index is 2.10. The number of hydrogen-bond acceptors (Lipinski definition) is 3. The third-order valence-corrected chi connectivity index (χ3v) is 4.58. The number of nitrogens with one attached hydrogen (secondary N) is 1. The van der Waals surface area contributed by atoms with Crippen molar-refractivity contribution in [2.45, 2.75) is 38.5 Å². The number of nitrogens with two attached hydrogens (primary N) is 1. The minimum atomic E-state index is -0.143. The lowest BCUT2D eigenvalue weighted by Crippen LogP contribution is -2.49. The highest BCUT2D eigenvalue weighted by Gasteiger charge is 2.47. The summed E-state index contributed by atoms with van der Waals surface area (Å²) in [7, 11) is 2.15. The van der Waals surface area contributed by atoms with Crippen LogP contribution >= 0.6 is 0 Å². The summed E-state index contributed by atoms with van der Waals surface area (Å²) in [6, 6.07) is 0. The summed E-state index contributed by atoms with van der Waals surface area (Å²) in [6.07, 6.45) is 6.71. The molecule has 4 nitrogen and oxygen atoms in total. The van der Waals surface area contributed by atoms with E-state index in [0.717, 1.165) is 38.8 Å². The molecule has 1 aliphatic carbocycles. The third kappa shape index (κ3) is 1.96. The van der Waals surface area contributed by atoms with Gasteiger partial charge in [0.25, 0.3) is 0 Å². The van der Waals surface area contributed by atoms with Crippen LogP contribution in [0, 0.1) is 11.3 Å². The van der Waals surface area contributed by atoms with Crippen molar-refractivity contribution in [3.8, 4) is 0 Å². The average Bonchev–Trinajstić information content (AvgIpc) is 2.79. The molecule has 0 atom stereocenters. The smallest absolute Gasteiger partial charge is 0.240 e. The van der Waals surface area contributed by atoms with E-state index in [4.69, 9.17) is 5.84 Å². The van der Waals surface area contributed by atoms with Gasteiger partial charge < -0.3 is 4.90 Å². The first-order valence-electron chi connectivity index (χ1n) is 6.38. The van der Waals surface area contributed by atoms with Gasteiger partial charge in [0.2, 0.25) is 5.91 Å². The fourth-order valence-electron chi connectivity index (χ4n) is 3.53. The van der Waals surface area contributed by atoms with E-state index in [9.17, 15) is 4.79 Å². The molecule has 1 saturated carbocycles. The topological polar surface area (TPSA) is 58.4 Å². The number of hydrazine groups is 1. The van der Waals surface area contributed by atoms with E-state index in [1.807, 2.05) is 0 Å². The normalized spacial score (nSPS) is 26.9. The number of carbonyl (C=O) groups excluding carboxylic acids is 1. The first kappa shape index (κ1) is 11.9. The van der Waals surface area contributed by atoms with Gasteiger partial charge >= 0.3 is 0 Å². The molecule has 92 valence electrons. The Morgan fingerprint density at radius 2 is 1.88 bits per heavy atom. The molecule has 2 fully saturated rings. The van der Waals surface area contributed by atoms with E-state index in [-0.39, 0.29) is 11.3 Å². The van der Waals surface area contributed by atoms with Crippen molar-refractivity contribution in [1.29, 1.82) is 0 Å². The highest BCUT2D eigenvalue weighted by Crippen LogP contribution is 2.48. The predicted octanol–water partition coefficient (Wildman–Crippen LogP) is 0.878. The van der Waals surface area contributed by atoms with Crippen LogP contribution in [0.3, 0.4) is 0 Å². The molecule has 0 aromatic rings. The molecule has 1 amide bonds. The molecule has 2 rings (SSSR count). The molecular formula is C12H23N3O. The van der Waals surface area contributed by atoms with Crippen LogP contribution < -0.4 is 11.3 Å². The summed E-state index contributed by atoms with van der Waals surface area (Å²) < 4.78 is 0. The second-order valence-corrected chi connectivity index (χ2v) is 5.41. The Morgan fingerprint density at radius 3 is 2.38 bits per heavy atom. The Bertz CT molecular complexity index is 253. The van der Waals surface area contributed by atoms with Crippen LogP contribution in [-0.4, -0.2) is 30.9 Å². The van der Waals surface area contributed by atoms with Gasteiger partial charge in [0.15, 0.2) is 0 Å². The largest absolute Gasteiger partial charge is 0.306 e. The second kappa shape index (κ2) is 4.72. The summed E-state index contributed by atoms with van der Waals surface area (Å²) in [4.78, 5) is 14.4. The van der Waals surface area contributed by atoms with Crippen molar-refractivity contribution in [2.24, 2.45) is 17.2 Å². The third-order valence-electron chi connectivity index (χ3n) is 4.58. The lowest BCUT2D eigenvalue weighted by molar-refractivity contribution is -0.135. The molecule has 0 radical (unpaired) electrons. The van der Waals surface area contributed by atoms with E-state index in [1.165, 1.54) is 12.8 Å². The maximum Gasteiger partial charge on any atom is 0.240 e. The monoisotopic (exact) mass is 225 g/mol. The van der Waals surface area contributed by atoms with Gasteiger partial charge in [-0.05, 0) is 51.7 Å². The van der Waals surface area contributed by atoms with Crippen molar-refractivity contribution in [3.05, 3.63) is 0 Å². The number of amides is 1. The molecule has 2 aliphatic rings. The molecule has 1 heterocycles. The standard InChI is InChI=1S/C12H23N3O/c1-15-8-4-10(5-9-15)12(11(16)14-13)6-2-3-7-12/h10H,2-9,13H2,1H3,(H,14,16). The molecule has 1 aliphatic heterocycles.